The normalized spacial score (nSPS) is 11.6. The van der Waals surface area contributed by atoms with Crippen LogP contribution in [-0.4, -0.2) is 12.1 Å². The summed E-state index contributed by atoms with van der Waals surface area (Å²) >= 11 is 4.21. The number of hydrogen-bond acceptors (Lipinski definition) is 2. The van der Waals surface area contributed by atoms with Crippen LogP contribution in [0.15, 0.2) is 0 Å². The van der Waals surface area contributed by atoms with Crippen LogP contribution in [-0.2, 0) is 16.1 Å². The highest BCUT2D eigenvalue weighted by Crippen LogP contribution is 2.30. The van der Waals surface area contributed by atoms with Gasteiger partial charge in [-0.15, -0.1) is 0 Å². The monoisotopic (exact) mass is 498 g/mol. The summed E-state index contributed by atoms with van der Waals surface area (Å²) in [6, 6.07) is 0. The van der Waals surface area contributed by atoms with Crippen LogP contribution < -0.4 is 0 Å². The zero-order valence-corrected chi connectivity index (χ0v) is 14.7. The van der Waals surface area contributed by atoms with Gasteiger partial charge >= 0.3 is 12.1 Å². The smallest absolute Gasteiger partial charge is 0.454 e. The van der Waals surface area contributed by atoms with Crippen LogP contribution in [0.4, 0.5) is 13.2 Å². The summed E-state index contributed by atoms with van der Waals surface area (Å²) in [4.78, 5) is 10.7. The SMILES string of the molecule is Cc1c(C)c(I)c(COC(=O)C(F)(F)F)c(C)c1I. The van der Waals surface area contributed by atoms with E-state index in [9.17, 15) is 18.0 Å². The van der Waals surface area contributed by atoms with Crippen molar-refractivity contribution in [2.45, 2.75) is 33.6 Å². The van der Waals surface area contributed by atoms with Gasteiger partial charge in [-0.1, -0.05) is 0 Å². The van der Waals surface area contributed by atoms with Gasteiger partial charge in [0.25, 0.3) is 0 Å². The molecule has 0 N–H and O–H groups in total. The van der Waals surface area contributed by atoms with E-state index in [4.69, 9.17) is 0 Å². The summed E-state index contributed by atoms with van der Waals surface area (Å²) in [5, 5.41) is 0. The predicted octanol–water partition coefficient (Wildman–Crippen LogP) is 4.43. The molecule has 1 aromatic carbocycles. The van der Waals surface area contributed by atoms with Crippen LogP contribution in [0.3, 0.4) is 0 Å². The largest absolute Gasteiger partial charge is 0.490 e. The van der Waals surface area contributed by atoms with Crippen LogP contribution in [0.1, 0.15) is 22.3 Å². The quantitative estimate of drug-likeness (QED) is 0.446. The molecule has 0 aliphatic heterocycles. The van der Waals surface area contributed by atoms with Gasteiger partial charge in [-0.3, -0.25) is 0 Å². The summed E-state index contributed by atoms with van der Waals surface area (Å²) in [5.74, 6) is -2.16. The van der Waals surface area contributed by atoms with Crippen molar-refractivity contribution < 1.29 is 22.7 Å². The van der Waals surface area contributed by atoms with E-state index in [0.717, 1.165) is 23.8 Å². The number of alkyl halides is 3. The fourth-order valence-corrected chi connectivity index (χ4v) is 3.22. The maximum atomic E-state index is 12.1. The van der Waals surface area contributed by atoms with Crippen LogP contribution in [0.2, 0.25) is 0 Å². The minimum Gasteiger partial charge on any atom is -0.454 e. The molecule has 1 rings (SSSR count). The maximum absolute atomic E-state index is 12.1. The zero-order valence-electron chi connectivity index (χ0n) is 10.4. The Balaban J connectivity index is 3.07. The summed E-state index contributed by atoms with van der Waals surface area (Å²) < 4.78 is 42.4. The maximum Gasteiger partial charge on any atom is 0.490 e. The molecule has 0 bridgehead atoms. The van der Waals surface area contributed by atoms with E-state index in [1.54, 1.807) is 0 Å². The van der Waals surface area contributed by atoms with Crippen molar-refractivity contribution in [1.82, 2.24) is 0 Å². The first kappa shape index (κ1) is 17.0. The molecule has 2 nitrogen and oxygen atoms in total. The minimum absolute atomic E-state index is 0.362. The first-order chi connectivity index (χ1) is 8.57. The van der Waals surface area contributed by atoms with E-state index in [-0.39, 0.29) is 6.61 Å². The molecule has 0 saturated carbocycles. The van der Waals surface area contributed by atoms with Crippen LogP contribution in [0.5, 0.6) is 0 Å². The fourth-order valence-electron chi connectivity index (χ4n) is 1.53. The van der Waals surface area contributed by atoms with Gasteiger partial charge in [0.1, 0.15) is 6.61 Å². The number of benzene rings is 1. The van der Waals surface area contributed by atoms with Crippen LogP contribution in [0.25, 0.3) is 0 Å². The van der Waals surface area contributed by atoms with Gasteiger partial charge in [-0.05, 0) is 82.6 Å². The second kappa shape index (κ2) is 6.15. The Morgan fingerprint density at radius 2 is 1.53 bits per heavy atom. The molecule has 0 saturated heterocycles. The first-order valence-electron chi connectivity index (χ1n) is 5.25. The minimum atomic E-state index is -4.95. The van der Waals surface area contributed by atoms with Crippen molar-refractivity contribution in [3.05, 3.63) is 29.4 Å². The third-order valence-corrected chi connectivity index (χ3v) is 5.93. The molecule has 0 amide bonds. The molecular weight excluding hydrogens is 487 g/mol. The lowest BCUT2D eigenvalue weighted by Crippen LogP contribution is -2.25. The van der Waals surface area contributed by atoms with Crippen molar-refractivity contribution in [3.63, 3.8) is 0 Å². The Hall–Kier alpha value is -0.0600. The molecule has 19 heavy (non-hydrogen) atoms. The summed E-state index contributed by atoms with van der Waals surface area (Å²) in [6.07, 6.45) is -4.95. The van der Waals surface area contributed by atoms with E-state index in [0.29, 0.717) is 5.56 Å². The third-order valence-electron chi connectivity index (χ3n) is 2.85. The lowest BCUT2D eigenvalue weighted by molar-refractivity contribution is -0.201. The molecule has 0 fully saturated rings. The van der Waals surface area contributed by atoms with Crippen molar-refractivity contribution in [2.75, 3.05) is 0 Å². The Morgan fingerprint density at radius 3 is 2.00 bits per heavy atom. The molecule has 0 aliphatic carbocycles. The van der Waals surface area contributed by atoms with Gasteiger partial charge in [-0.25, -0.2) is 4.79 Å². The lowest BCUT2D eigenvalue weighted by atomic mass is 10.0. The predicted molar refractivity (Wildman–Crippen MR) is 81.9 cm³/mol. The molecule has 7 heteroatoms. The number of hydrogen-bond donors (Lipinski definition) is 0. The van der Waals surface area contributed by atoms with Gasteiger partial charge in [0.2, 0.25) is 0 Å². The van der Waals surface area contributed by atoms with E-state index in [2.05, 4.69) is 49.9 Å². The second-order valence-electron chi connectivity index (χ2n) is 4.06. The van der Waals surface area contributed by atoms with Crippen molar-refractivity contribution >= 4 is 51.2 Å². The van der Waals surface area contributed by atoms with Gasteiger partial charge < -0.3 is 4.74 Å². The summed E-state index contributed by atoms with van der Waals surface area (Å²) in [6.45, 7) is 5.30. The van der Waals surface area contributed by atoms with E-state index < -0.39 is 12.1 Å². The van der Waals surface area contributed by atoms with Crippen molar-refractivity contribution in [2.24, 2.45) is 0 Å². The standard InChI is InChI=1S/C12H11F3I2O2/c1-5-6(2)10(17)8(7(3)9(5)16)4-19-11(18)12(13,14)15/h4H2,1-3H3. The lowest BCUT2D eigenvalue weighted by Gasteiger charge is -2.17. The molecule has 0 radical (unpaired) electrons. The number of halogens is 5. The summed E-state index contributed by atoms with van der Waals surface area (Å²) in [7, 11) is 0. The van der Waals surface area contributed by atoms with Crippen LogP contribution in [0, 0.1) is 27.9 Å². The van der Waals surface area contributed by atoms with Crippen LogP contribution >= 0.6 is 45.2 Å². The highest BCUT2D eigenvalue weighted by atomic mass is 127. The summed E-state index contributed by atoms with van der Waals surface area (Å²) in [5.41, 5.74) is 3.57. The van der Waals surface area contributed by atoms with E-state index >= 15 is 0 Å². The molecule has 0 aromatic heterocycles. The zero-order chi connectivity index (χ0) is 15.0. The third kappa shape index (κ3) is 3.73. The van der Waals surface area contributed by atoms with Gasteiger partial charge in [0.05, 0.1) is 0 Å². The fraction of sp³-hybridized carbons (Fsp3) is 0.417. The Morgan fingerprint density at radius 1 is 1.05 bits per heavy atom. The highest BCUT2D eigenvalue weighted by Gasteiger charge is 2.41. The molecule has 0 atom stereocenters. The Bertz CT molecular complexity index is 496. The Labute approximate surface area is 136 Å². The topological polar surface area (TPSA) is 26.3 Å². The van der Waals surface area contributed by atoms with E-state index in [1.165, 1.54) is 0 Å². The number of carbonyl (C=O) groups excluding carboxylic acids is 1. The molecule has 0 aliphatic rings. The molecular formula is C12H11F3I2O2. The first-order valence-corrected chi connectivity index (χ1v) is 7.40. The van der Waals surface area contributed by atoms with Gasteiger partial charge in [0.15, 0.2) is 0 Å². The second-order valence-corrected chi connectivity index (χ2v) is 6.21. The van der Waals surface area contributed by atoms with Crippen molar-refractivity contribution in [1.29, 1.82) is 0 Å². The average Bonchev–Trinajstić information content (AvgIpc) is 2.32. The molecule has 0 spiro atoms. The number of carbonyl (C=O) groups is 1. The molecule has 1 aromatic rings. The highest BCUT2D eigenvalue weighted by molar-refractivity contribution is 14.1. The molecule has 0 unspecified atom stereocenters. The number of esters is 1. The van der Waals surface area contributed by atoms with Gasteiger partial charge in [0, 0.05) is 12.7 Å². The van der Waals surface area contributed by atoms with E-state index in [1.807, 2.05) is 20.8 Å². The Kier molecular flexibility index (Phi) is 5.50. The molecule has 106 valence electrons. The number of rotatable bonds is 2. The number of ether oxygens (including phenoxy) is 1. The average molecular weight is 498 g/mol. The van der Waals surface area contributed by atoms with Gasteiger partial charge in [-0.2, -0.15) is 13.2 Å². The van der Waals surface area contributed by atoms with Crippen molar-refractivity contribution in [3.8, 4) is 0 Å². The molecule has 0 heterocycles.